The normalized spacial score (nSPS) is 20.5. The number of likely N-dealkylation sites (tertiary alicyclic amines) is 1. The largest absolute Gasteiger partial charge is 0.492 e. The minimum absolute atomic E-state index is 0.0413. The fourth-order valence-corrected chi connectivity index (χ4v) is 5.14. The summed E-state index contributed by atoms with van der Waals surface area (Å²) in [5.41, 5.74) is 1.34. The Balaban J connectivity index is 1.26. The molecule has 1 N–H and O–H groups in total. The Morgan fingerprint density at radius 3 is 2.84 bits per heavy atom. The van der Waals surface area contributed by atoms with Crippen molar-refractivity contribution in [3.8, 4) is 18.1 Å². The van der Waals surface area contributed by atoms with Crippen LogP contribution in [0.1, 0.15) is 12.0 Å². The number of carbonyl (C=O) groups excluding carboxylic acids is 1. The van der Waals surface area contributed by atoms with Crippen LogP contribution in [0, 0.1) is 24.1 Å². The first kappa shape index (κ1) is 23.2. The van der Waals surface area contributed by atoms with Gasteiger partial charge in [-0.05, 0) is 36.8 Å². The predicted molar refractivity (Wildman–Crippen MR) is 136 cm³/mol. The molecule has 3 aliphatic heterocycles. The minimum atomic E-state index is -0.600. The number of fused-ring (bicyclic) bond motifs is 3. The van der Waals surface area contributed by atoms with Gasteiger partial charge in [-0.15, -0.1) is 6.42 Å². The van der Waals surface area contributed by atoms with E-state index in [2.05, 4.69) is 32.7 Å². The Morgan fingerprint density at radius 2 is 2.14 bits per heavy atom. The van der Waals surface area contributed by atoms with Gasteiger partial charge in [0.25, 0.3) is 0 Å². The van der Waals surface area contributed by atoms with E-state index in [1.165, 1.54) is 12.4 Å². The van der Waals surface area contributed by atoms with E-state index in [0.717, 1.165) is 12.2 Å². The summed E-state index contributed by atoms with van der Waals surface area (Å²) in [5.74, 6) is 3.49. The first-order chi connectivity index (χ1) is 18.1. The Morgan fingerprint density at radius 1 is 1.27 bits per heavy atom. The van der Waals surface area contributed by atoms with E-state index in [-0.39, 0.29) is 35.2 Å². The molecular formula is C27H25FN6O3. The average molecular weight is 501 g/mol. The number of hydrogen-bond acceptors (Lipinski definition) is 8. The molecule has 9 nitrogen and oxygen atoms in total. The third-order valence-electron chi connectivity index (χ3n) is 7.14. The van der Waals surface area contributed by atoms with E-state index in [1.54, 1.807) is 12.1 Å². The lowest BCUT2D eigenvalue weighted by Gasteiger charge is -2.34. The molecule has 3 fully saturated rings. The van der Waals surface area contributed by atoms with Gasteiger partial charge in [-0.1, -0.05) is 12.5 Å². The summed E-state index contributed by atoms with van der Waals surface area (Å²) >= 11 is 0. The standard InChI is InChI=1S/C27H25FN6O3/c1-3-19-22(37-14-16-12-36-13-16)7-5-20(25(19)28)31-27-26-21(29-15-30-27)6-8-23(32-26)33-10-18-9-17(33)11-34(18)24(35)4-2/h1,4-8,15-18H,2,9-14H2,(H,29,30,31)/t17-,18-/m0/s1. The second-order valence-electron chi connectivity index (χ2n) is 9.43. The molecule has 0 spiro atoms. The number of hydrogen-bond donors (Lipinski definition) is 1. The molecule has 1 aromatic carbocycles. The molecule has 0 saturated carbocycles. The fraction of sp³-hybridized carbons (Fsp3) is 0.333. The minimum Gasteiger partial charge on any atom is -0.492 e. The van der Waals surface area contributed by atoms with Crippen molar-refractivity contribution in [2.45, 2.75) is 18.5 Å². The van der Waals surface area contributed by atoms with Crippen LogP contribution in [0.25, 0.3) is 11.0 Å². The Labute approximate surface area is 213 Å². The molecule has 2 aromatic heterocycles. The number of nitrogens with one attached hydrogen (secondary N) is 1. The molecule has 1 amide bonds. The monoisotopic (exact) mass is 500 g/mol. The molecule has 3 saturated heterocycles. The number of pyridine rings is 1. The van der Waals surface area contributed by atoms with Crippen LogP contribution in [0.15, 0.2) is 43.2 Å². The van der Waals surface area contributed by atoms with Crippen molar-refractivity contribution < 1.29 is 18.7 Å². The molecule has 2 atom stereocenters. The van der Waals surface area contributed by atoms with Gasteiger partial charge in [0.05, 0.1) is 43.1 Å². The van der Waals surface area contributed by atoms with E-state index >= 15 is 4.39 Å². The number of piperazine rings is 1. The maximum absolute atomic E-state index is 15.4. The van der Waals surface area contributed by atoms with Gasteiger partial charge in [-0.3, -0.25) is 4.79 Å². The third kappa shape index (κ3) is 4.11. The lowest BCUT2D eigenvalue weighted by atomic mass is 10.1. The summed E-state index contributed by atoms with van der Waals surface area (Å²) in [7, 11) is 0. The van der Waals surface area contributed by atoms with Crippen LogP contribution in [-0.4, -0.2) is 70.8 Å². The quantitative estimate of drug-likeness (QED) is 0.391. The number of aromatic nitrogens is 3. The van der Waals surface area contributed by atoms with E-state index < -0.39 is 5.82 Å². The molecular weight excluding hydrogens is 475 g/mol. The zero-order chi connectivity index (χ0) is 25.5. The molecule has 0 radical (unpaired) electrons. The number of carbonyl (C=O) groups is 1. The van der Waals surface area contributed by atoms with Crippen molar-refractivity contribution in [3.63, 3.8) is 0 Å². The van der Waals surface area contributed by atoms with Crippen LogP contribution in [0.4, 0.5) is 21.7 Å². The van der Waals surface area contributed by atoms with Gasteiger partial charge in [0.2, 0.25) is 5.91 Å². The summed E-state index contributed by atoms with van der Waals surface area (Å²) in [4.78, 5) is 29.7. The van der Waals surface area contributed by atoms with Gasteiger partial charge in [0.1, 0.15) is 29.0 Å². The second-order valence-corrected chi connectivity index (χ2v) is 9.43. The Hall–Kier alpha value is -4.23. The van der Waals surface area contributed by atoms with Crippen molar-refractivity contribution in [2.75, 3.05) is 43.1 Å². The molecule has 3 aromatic rings. The summed E-state index contributed by atoms with van der Waals surface area (Å²) in [5, 5.41) is 3.04. The summed E-state index contributed by atoms with van der Waals surface area (Å²) < 4.78 is 26.3. The first-order valence-electron chi connectivity index (χ1n) is 12.1. The third-order valence-corrected chi connectivity index (χ3v) is 7.14. The predicted octanol–water partition coefficient (Wildman–Crippen LogP) is 2.89. The van der Waals surface area contributed by atoms with Gasteiger partial charge in [-0.25, -0.2) is 19.3 Å². The van der Waals surface area contributed by atoms with Crippen LogP contribution >= 0.6 is 0 Å². The highest BCUT2D eigenvalue weighted by Gasteiger charge is 2.45. The van der Waals surface area contributed by atoms with Crippen LogP contribution in [-0.2, 0) is 9.53 Å². The maximum atomic E-state index is 15.4. The first-order valence-corrected chi connectivity index (χ1v) is 12.1. The highest BCUT2D eigenvalue weighted by Crippen LogP contribution is 2.36. The number of nitrogens with zero attached hydrogens (tertiary/aromatic N) is 5. The van der Waals surface area contributed by atoms with E-state index in [0.29, 0.717) is 55.5 Å². The summed E-state index contributed by atoms with van der Waals surface area (Å²) in [6.45, 7) is 6.61. The number of rotatable bonds is 7. The molecule has 6 rings (SSSR count). The molecule has 5 heterocycles. The number of terminal acetylenes is 1. The van der Waals surface area contributed by atoms with Crippen LogP contribution in [0.2, 0.25) is 0 Å². The zero-order valence-electron chi connectivity index (χ0n) is 20.1. The van der Waals surface area contributed by atoms with Crippen molar-refractivity contribution >= 4 is 34.3 Å². The van der Waals surface area contributed by atoms with Gasteiger partial charge >= 0.3 is 0 Å². The van der Waals surface area contributed by atoms with Crippen molar-refractivity contribution in [1.29, 1.82) is 0 Å². The molecule has 0 aliphatic carbocycles. The van der Waals surface area contributed by atoms with E-state index in [9.17, 15) is 4.79 Å². The van der Waals surface area contributed by atoms with Crippen LogP contribution in [0.5, 0.6) is 5.75 Å². The van der Waals surface area contributed by atoms with Gasteiger partial charge in [-0.2, -0.15) is 0 Å². The molecule has 37 heavy (non-hydrogen) atoms. The lowest BCUT2D eigenvalue weighted by Crippen LogP contribution is -2.48. The van der Waals surface area contributed by atoms with Gasteiger partial charge in [0.15, 0.2) is 11.6 Å². The molecule has 3 aliphatic rings. The van der Waals surface area contributed by atoms with Crippen LogP contribution in [0.3, 0.4) is 0 Å². The molecule has 188 valence electrons. The second kappa shape index (κ2) is 9.33. The van der Waals surface area contributed by atoms with E-state index in [1.807, 2.05) is 17.0 Å². The maximum Gasteiger partial charge on any atom is 0.246 e. The van der Waals surface area contributed by atoms with Crippen LogP contribution < -0.4 is 15.0 Å². The molecule has 2 bridgehead atoms. The zero-order valence-corrected chi connectivity index (χ0v) is 20.1. The smallest absolute Gasteiger partial charge is 0.246 e. The Bertz CT molecular complexity index is 1440. The average Bonchev–Trinajstić information content (AvgIpc) is 3.50. The molecule has 10 heteroatoms. The highest BCUT2D eigenvalue weighted by atomic mass is 19.1. The number of anilines is 3. The van der Waals surface area contributed by atoms with Crippen molar-refractivity contribution in [3.05, 3.63) is 54.6 Å². The van der Waals surface area contributed by atoms with E-state index in [4.69, 9.17) is 20.9 Å². The van der Waals surface area contributed by atoms with Crippen molar-refractivity contribution in [2.24, 2.45) is 5.92 Å². The number of ether oxygens (including phenoxy) is 2. The number of benzene rings is 1. The lowest BCUT2D eigenvalue weighted by molar-refractivity contribution is -0.127. The summed E-state index contributed by atoms with van der Waals surface area (Å²) in [6, 6.07) is 7.31. The van der Waals surface area contributed by atoms with Crippen molar-refractivity contribution in [1.82, 2.24) is 19.9 Å². The van der Waals surface area contributed by atoms with Gasteiger partial charge in [0, 0.05) is 19.0 Å². The number of halogens is 1. The molecule has 0 unspecified atom stereocenters. The highest BCUT2D eigenvalue weighted by molar-refractivity contribution is 5.89. The Kier molecular flexibility index (Phi) is 5.85. The van der Waals surface area contributed by atoms with Gasteiger partial charge < -0.3 is 24.6 Å². The fourth-order valence-electron chi connectivity index (χ4n) is 5.14. The summed E-state index contributed by atoms with van der Waals surface area (Å²) in [6.07, 6.45) is 9.27. The SMILES string of the molecule is C#Cc1c(OCC2COC2)ccc(Nc2ncnc3ccc(N4C[C@@H]5C[C@H]4CN5C(=O)C=C)nc23)c1F. The number of amides is 1. The topological polar surface area (TPSA) is 92.7 Å².